The zero-order valence-electron chi connectivity index (χ0n) is 9.92. The summed E-state index contributed by atoms with van der Waals surface area (Å²) in [5.41, 5.74) is 1.17. The van der Waals surface area contributed by atoms with Crippen molar-refractivity contribution >= 4 is 11.6 Å². The van der Waals surface area contributed by atoms with Crippen molar-refractivity contribution < 1.29 is 4.74 Å². The van der Waals surface area contributed by atoms with Crippen molar-refractivity contribution in [1.82, 2.24) is 5.32 Å². The molecule has 1 aliphatic carbocycles. The number of morpholine rings is 1. The predicted octanol–water partition coefficient (Wildman–Crippen LogP) is 3.10. The Morgan fingerprint density at radius 2 is 2.18 bits per heavy atom. The zero-order chi connectivity index (χ0) is 11.7. The van der Waals surface area contributed by atoms with Crippen LogP contribution < -0.4 is 5.32 Å². The smallest absolute Gasteiger partial charge is 0.0799 e. The van der Waals surface area contributed by atoms with E-state index in [4.69, 9.17) is 16.3 Å². The summed E-state index contributed by atoms with van der Waals surface area (Å²) in [6.07, 6.45) is 5.06. The van der Waals surface area contributed by atoms with Crippen LogP contribution in [0.5, 0.6) is 0 Å². The highest BCUT2D eigenvalue weighted by molar-refractivity contribution is 6.31. The Bertz CT molecular complexity index is 395. The third-order valence-electron chi connectivity index (χ3n) is 4.05. The molecule has 1 N–H and O–H groups in total. The van der Waals surface area contributed by atoms with Gasteiger partial charge in [0, 0.05) is 11.6 Å². The summed E-state index contributed by atoms with van der Waals surface area (Å²) in [6.45, 7) is 1.73. The number of halogens is 1. The lowest BCUT2D eigenvalue weighted by molar-refractivity contribution is -0.0756. The van der Waals surface area contributed by atoms with Gasteiger partial charge in [-0.05, 0) is 24.5 Å². The molecule has 1 aromatic rings. The molecule has 2 nitrogen and oxygen atoms in total. The number of hydrogen-bond acceptors (Lipinski definition) is 2. The van der Waals surface area contributed by atoms with Crippen LogP contribution in [0.15, 0.2) is 24.3 Å². The minimum absolute atomic E-state index is 0.0468. The first-order valence-electron chi connectivity index (χ1n) is 6.44. The standard InChI is InChI=1S/C14H18ClNO/c15-12-6-2-1-5-11(12)14-8-4-3-7-13(14)17-10-9-16-14/h1-2,5-6,13,16H,3-4,7-10H2. The van der Waals surface area contributed by atoms with E-state index >= 15 is 0 Å². The van der Waals surface area contributed by atoms with E-state index < -0.39 is 0 Å². The summed E-state index contributed by atoms with van der Waals surface area (Å²) in [5.74, 6) is 0. The molecule has 1 heterocycles. The quantitative estimate of drug-likeness (QED) is 0.828. The fourth-order valence-corrected chi connectivity index (χ4v) is 3.57. The Morgan fingerprint density at radius 3 is 3.06 bits per heavy atom. The van der Waals surface area contributed by atoms with E-state index in [-0.39, 0.29) is 11.6 Å². The second-order valence-electron chi connectivity index (χ2n) is 4.98. The fraction of sp³-hybridized carbons (Fsp3) is 0.571. The van der Waals surface area contributed by atoms with Crippen LogP contribution >= 0.6 is 11.6 Å². The van der Waals surface area contributed by atoms with Crippen LogP contribution in [-0.2, 0) is 10.3 Å². The SMILES string of the molecule is Clc1ccccc1C12CCCCC1OCCN2. The van der Waals surface area contributed by atoms with Gasteiger partial charge in [0.2, 0.25) is 0 Å². The predicted molar refractivity (Wildman–Crippen MR) is 69.3 cm³/mol. The van der Waals surface area contributed by atoms with Gasteiger partial charge >= 0.3 is 0 Å². The number of hydrogen-bond donors (Lipinski definition) is 1. The third kappa shape index (κ3) is 1.88. The summed E-state index contributed by atoms with van der Waals surface area (Å²) < 4.78 is 5.97. The van der Waals surface area contributed by atoms with Crippen LogP contribution in [0.1, 0.15) is 31.2 Å². The van der Waals surface area contributed by atoms with Crippen LogP contribution in [0.25, 0.3) is 0 Å². The first kappa shape index (κ1) is 11.5. The van der Waals surface area contributed by atoms with Gasteiger partial charge < -0.3 is 10.1 Å². The first-order chi connectivity index (χ1) is 8.33. The van der Waals surface area contributed by atoms with Crippen LogP contribution in [0.3, 0.4) is 0 Å². The Balaban J connectivity index is 2.04. The van der Waals surface area contributed by atoms with Crippen LogP contribution in [0.2, 0.25) is 5.02 Å². The highest BCUT2D eigenvalue weighted by Crippen LogP contribution is 2.42. The van der Waals surface area contributed by atoms with Gasteiger partial charge in [-0.15, -0.1) is 0 Å². The molecule has 1 aromatic carbocycles. The topological polar surface area (TPSA) is 21.3 Å². The maximum absolute atomic E-state index is 6.38. The minimum atomic E-state index is -0.0468. The summed E-state index contributed by atoms with van der Waals surface area (Å²) in [5, 5.41) is 4.54. The van der Waals surface area contributed by atoms with Gasteiger partial charge in [0.05, 0.1) is 18.2 Å². The number of nitrogens with one attached hydrogen (secondary N) is 1. The zero-order valence-corrected chi connectivity index (χ0v) is 10.7. The fourth-order valence-electron chi connectivity index (χ4n) is 3.27. The monoisotopic (exact) mass is 251 g/mol. The van der Waals surface area contributed by atoms with E-state index in [2.05, 4.69) is 17.4 Å². The van der Waals surface area contributed by atoms with Gasteiger partial charge in [-0.25, -0.2) is 0 Å². The van der Waals surface area contributed by atoms with Crippen LogP contribution in [0.4, 0.5) is 0 Å². The average molecular weight is 252 g/mol. The van der Waals surface area contributed by atoms with Gasteiger partial charge in [0.1, 0.15) is 0 Å². The maximum atomic E-state index is 6.38. The highest BCUT2D eigenvalue weighted by Gasteiger charge is 2.45. The maximum Gasteiger partial charge on any atom is 0.0799 e. The number of fused-ring (bicyclic) bond motifs is 1. The van der Waals surface area contributed by atoms with E-state index in [9.17, 15) is 0 Å². The lowest BCUT2D eigenvalue weighted by Crippen LogP contribution is -2.59. The molecule has 0 spiro atoms. The highest BCUT2D eigenvalue weighted by atomic mass is 35.5. The molecule has 2 unspecified atom stereocenters. The number of rotatable bonds is 1. The van der Waals surface area contributed by atoms with Crippen LogP contribution in [0, 0.1) is 0 Å². The van der Waals surface area contributed by atoms with E-state index in [0.29, 0.717) is 0 Å². The molecule has 3 rings (SSSR count). The Kier molecular flexibility index (Phi) is 3.12. The van der Waals surface area contributed by atoms with Crippen molar-refractivity contribution in [2.45, 2.75) is 37.3 Å². The number of ether oxygens (including phenoxy) is 1. The summed E-state index contributed by atoms with van der Waals surface area (Å²) in [7, 11) is 0. The van der Waals surface area contributed by atoms with Gasteiger partial charge in [0.25, 0.3) is 0 Å². The first-order valence-corrected chi connectivity index (χ1v) is 6.82. The molecule has 0 aromatic heterocycles. The van der Waals surface area contributed by atoms with E-state index in [0.717, 1.165) is 31.0 Å². The van der Waals surface area contributed by atoms with Crippen molar-refractivity contribution in [3.05, 3.63) is 34.9 Å². The van der Waals surface area contributed by atoms with Crippen molar-refractivity contribution in [3.63, 3.8) is 0 Å². The molecule has 1 saturated carbocycles. The van der Waals surface area contributed by atoms with Gasteiger partial charge in [-0.2, -0.15) is 0 Å². The van der Waals surface area contributed by atoms with Crippen molar-refractivity contribution in [2.24, 2.45) is 0 Å². The molecule has 0 bridgehead atoms. The lowest BCUT2D eigenvalue weighted by Gasteiger charge is -2.48. The summed E-state index contributed by atoms with van der Waals surface area (Å²) >= 11 is 6.38. The largest absolute Gasteiger partial charge is 0.375 e. The normalized spacial score (nSPS) is 33.1. The molecular formula is C14H18ClNO. The van der Waals surface area contributed by atoms with E-state index in [1.54, 1.807) is 0 Å². The van der Waals surface area contributed by atoms with Gasteiger partial charge in [-0.1, -0.05) is 42.6 Å². The van der Waals surface area contributed by atoms with Crippen molar-refractivity contribution in [3.8, 4) is 0 Å². The average Bonchev–Trinajstić information content (AvgIpc) is 2.39. The molecule has 2 aliphatic rings. The van der Waals surface area contributed by atoms with Crippen molar-refractivity contribution in [2.75, 3.05) is 13.2 Å². The van der Waals surface area contributed by atoms with Gasteiger partial charge in [0.15, 0.2) is 0 Å². The molecule has 1 aliphatic heterocycles. The van der Waals surface area contributed by atoms with E-state index in [1.165, 1.54) is 18.4 Å². The number of benzene rings is 1. The molecule has 2 atom stereocenters. The summed E-state index contributed by atoms with van der Waals surface area (Å²) in [6, 6.07) is 8.18. The minimum Gasteiger partial charge on any atom is -0.375 e. The molecule has 2 fully saturated rings. The van der Waals surface area contributed by atoms with Crippen LogP contribution in [-0.4, -0.2) is 19.3 Å². The molecule has 0 amide bonds. The lowest BCUT2D eigenvalue weighted by atomic mass is 9.73. The van der Waals surface area contributed by atoms with Gasteiger partial charge in [-0.3, -0.25) is 0 Å². The Morgan fingerprint density at radius 1 is 1.29 bits per heavy atom. The molecular weight excluding hydrogens is 234 g/mol. The molecule has 3 heteroatoms. The van der Waals surface area contributed by atoms with Crippen molar-refractivity contribution in [1.29, 1.82) is 0 Å². The second-order valence-corrected chi connectivity index (χ2v) is 5.39. The molecule has 1 saturated heterocycles. The second kappa shape index (κ2) is 4.60. The Hall–Kier alpha value is -0.570. The molecule has 92 valence electrons. The summed E-state index contributed by atoms with van der Waals surface area (Å²) in [4.78, 5) is 0. The third-order valence-corrected chi connectivity index (χ3v) is 4.38. The molecule has 17 heavy (non-hydrogen) atoms. The van der Waals surface area contributed by atoms with E-state index in [1.807, 2.05) is 12.1 Å². The molecule has 0 radical (unpaired) electrons. The Labute approximate surface area is 107 Å².